The zero-order chi connectivity index (χ0) is 12.5. The van der Waals surface area contributed by atoms with E-state index in [0.717, 1.165) is 5.69 Å². The number of nitrogen functional groups attached to an aromatic ring is 1. The third-order valence-electron chi connectivity index (χ3n) is 2.99. The first-order chi connectivity index (χ1) is 8.81. The summed E-state index contributed by atoms with van der Waals surface area (Å²) in [6.07, 6.45) is 0. The quantitative estimate of drug-likeness (QED) is 0.730. The first-order valence-corrected chi connectivity index (χ1v) is 5.59. The molecular formula is C11H11N5O2. The number of hydrogen-bond acceptors (Lipinski definition) is 7. The van der Waals surface area contributed by atoms with Crippen LogP contribution in [0.4, 0.5) is 11.4 Å². The van der Waals surface area contributed by atoms with E-state index in [9.17, 15) is 5.26 Å². The van der Waals surface area contributed by atoms with Crippen LogP contribution in [0.25, 0.3) is 11.0 Å². The van der Waals surface area contributed by atoms with Crippen molar-refractivity contribution in [1.82, 2.24) is 10.3 Å². The van der Waals surface area contributed by atoms with E-state index in [2.05, 4.69) is 16.4 Å². The molecule has 0 amide bonds. The maximum absolute atomic E-state index is 9.23. The minimum Gasteiger partial charge on any atom is -0.397 e. The van der Waals surface area contributed by atoms with E-state index in [1.165, 1.54) is 0 Å². The van der Waals surface area contributed by atoms with Crippen molar-refractivity contribution in [2.24, 2.45) is 0 Å². The van der Waals surface area contributed by atoms with Crippen LogP contribution in [0, 0.1) is 11.3 Å². The van der Waals surface area contributed by atoms with Crippen molar-refractivity contribution < 1.29 is 9.37 Å². The van der Waals surface area contributed by atoms with Gasteiger partial charge in [0.15, 0.2) is 11.0 Å². The Morgan fingerprint density at radius 2 is 2.00 bits per heavy atom. The molecule has 7 heteroatoms. The number of rotatable bonds is 1. The molecule has 0 bridgehead atoms. The Morgan fingerprint density at radius 1 is 1.28 bits per heavy atom. The molecule has 0 radical (unpaired) electrons. The van der Waals surface area contributed by atoms with Gasteiger partial charge in [0.2, 0.25) is 0 Å². The van der Waals surface area contributed by atoms with E-state index in [4.69, 9.17) is 15.1 Å². The smallest absolute Gasteiger partial charge is 0.161 e. The van der Waals surface area contributed by atoms with Crippen LogP contribution in [-0.2, 0) is 4.74 Å². The lowest BCUT2D eigenvalue weighted by molar-refractivity contribution is 0.123. The van der Waals surface area contributed by atoms with Gasteiger partial charge in [0.05, 0.1) is 30.2 Å². The summed E-state index contributed by atoms with van der Waals surface area (Å²) in [7, 11) is 0. The summed E-state index contributed by atoms with van der Waals surface area (Å²) < 4.78 is 10.0. The van der Waals surface area contributed by atoms with Gasteiger partial charge >= 0.3 is 0 Å². The van der Waals surface area contributed by atoms with Gasteiger partial charge in [0.25, 0.3) is 0 Å². The second kappa shape index (κ2) is 4.16. The molecule has 2 aromatic rings. The highest BCUT2D eigenvalue weighted by atomic mass is 16.6. The Morgan fingerprint density at radius 3 is 2.72 bits per heavy atom. The third-order valence-corrected chi connectivity index (χ3v) is 2.99. The number of nitrogens with two attached hydrogens (primary N) is 1. The minimum atomic E-state index is 0.403. The van der Waals surface area contributed by atoms with Crippen molar-refractivity contribution in [2.75, 3.05) is 36.9 Å². The lowest BCUT2D eigenvalue weighted by Gasteiger charge is -2.29. The highest BCUT2D eigenvalue weighted by Crippen LogP contribution is 2.32. The molecule has 1 aliphatic heterocycles. The van der Waals surface area contributed by atoms with Crippen molar-refractivity contribution in [3.63, 3.8) is 0 Å². The molecule has 1 aromatic heterocycles. The predicted octanol–water partition coefficient (Wildman–Crippen LogP) is 0.513. The molecule has 1 aromatic carbocycles. The maximum Gasteiger partial charge on any atom is 0.161 e. The van der Waals surface area contributed by atoms with E-state index in [1.54, 1.807) is 6.07 Å². The first kappa shape index (κ1) is 10.8. The largest absolute Gasteiger partial charge is 0.397 e. The topological polar surface area (TPSA) is 101 Å². The van der Waals surface area contributed by atoms with Gasteiger partial charge in [-0.05, 0) is 16.4 Å². The Hall–Kier alpha value is -2.33. The van der Waals surface area contributed by atoms with Crippen molar-refractivity contribution >= 4 is 22.4 Å². The molecule has 92 valence electrons. The molecule has 0 unspecified atom stereocenters. The van der Waals surface area contributed by atoms with Crippen LogP contribution in [0.15, 0.2) is 10.7 Å². The summed E-state index contributed by atoms with van der Waals surface area (Å²) >= 11 is 0. The fourth-order valence-corrected chi connectivity index (χ4v) is 2.15. The summed E-state index contributed by atoms with van der Waals surface area (Å²) in [4.78, 5) is 2.05. The molecule has 0 spiro atoms. The number of benzene rings is 1. The molecule has 1 fully saturated rings. The van der Waals surface area contributed by atoms with E-state index in [-0.39, 0.29) is 0 Å². The molecular weight excluding hydrogens is 234 g/mol. The number of aromatic nitrogens is 2. The molecule has 1 saturated heterocycles. The lowest BCUT2D eigenvalue weighted by Crippen LogP contribution is -2.36. The van der Waals surface area contributed by atoms with Gasteiger partial charge in [0.1, 0.15) is 6.07 Å². The second-order valence-corrected chi connectivity index (χ2v) is 4.03. The van der Waals surface area contributed by atoms with Gasteiger partial charge in [-0.15, -0.1) is 0 Å². The van der Waals surface area contributed by atoms with Gasteiger partial charge in [0, 0.05) is 13.1 Å². The van der Waals surface area contributed by atoms with E-state index >= 15 is 0 Å². The number of morpholine rings is 1. The monoisotopic (exact) mass is 245 g/mol. The summed E-state index contributed by atoms with van der Waals surface area (Å²) in [5.74, 6) is 0. The van der Waals surface area contributed by atoms with Crippen molar-refractivity contribution in [3.05, 3.63) is 11.6 Å². The third kappa shape index (κ3) is 1.55. The van der Waals surface area contributed by atoms with Crippen molar-refractivity contribution in [1.29, 1.82) is 5.26 Å². The Bertz CT molecular complexity index is 624. The van der Waals surface area contributed by atoms with Gasteiger partial charge in [-0.3, -0.25) is 0 Å². The van der Waals surface area contributed by atoms with Crippen LogP contribution in [0.5, 0.6) is 0 Å². The zero-order valence-electron chi connectivity index (χ0n) is 9.59. The molecule has 0 aliphatic carbocycles. The molecule has 7 nitrogen and oxygen atoms in total. The number of hydrogen-bond donors (Lipinski definition) is 1. The molecule has 0 atom stereocenters. The van der Waals surface area contributed by atoms with Crippen LogP contribution in [0.1, 0.15) is 5.56 Å². The average molecular weight is 245 g/mol. The number of ether oxygens (including phenoxy) is 1. The van der Waals surface area contributed by atoms with Crippen molar-refractivity contribution in [2.45, 2.75) is 0 Å². The molecule has 0 saturated carbocycles. The van der Waals surface area contributed by atoms with Crippen molar-refractivity contribution in [3.8, 4) is 6.07 Å². The number of fused-ring (bicyclic) bond motifs is 1. The van der Waals surface area contributed by atoms with Gasteiger partial charge < -0.3 is 15.4 Å². The lowest BCUT2D eigenvalue weighted by atomic mass is 10.1. The summed E-state index contributed by atoms with van der Waals surface area (Å²) in [5, 5.41) is 16.9. The zero-order valence-corrected chi connectivity index (χ0v) is 9.59. The van der Waals surface area contributed by atoms with E-state index in [0.29, 0.717) is 48.6 Å². The maximum atomic E-state index is 9.23. The highest BCUT2D eigenvalue weighted by Gasteiger charge is 2.22. The fraction of sp³-hybridized carbons (Fsp3) is 0.364. The number of anilines is 2. The second-order valence-electron chi connectivity index (χ2n) is 4.03. The fourth-order valence-electron chi connectivity index (χ4n) is 2.15. The Kier molecular flexibility index (Phi) is 2.50. The Balaban J connectivity index is 2.22. The predicted molar refractivity (Wildman–Crippen MR) is 64.0 cm³/mol. The Labute approximate surface area is 103 Å². The number of nitriles is 1. The number of nitrogens with zero attached hydrogens (tertiary/aromatic N) is 4. The normalized spacial score (nSPS) is 15.8. The van der Waals surface area contributed by atoms with E-state index in [1.807, 2.05) is 4.90 Å². The van der Waals surface area contributed by atoms with Gasteiger partial charge in [-0.2, -0.15) is 5.26 Å². The van der Waals surface area contributed by atoms with Gasteiger partial charge in [-0.1, -0.05) is 0 Å². The molecule has 18 heavy (non-hydrogen) atoms. The van der Waals surface area contributed by atoms with Crippen LogP contribution >= 0.6 is 0 Å². The van der Waals surface area contributed by atoms with Crippen LogP contribution in [-0.4, -0.2) is 36.6 Å². The van der Waals surface area contributed by atoms with Crippen LogP contribution in [0.2, 0.25) is 0 Å². The van der Waals surface area contributed by atoms with Gasteiger partial charge in [-0.25, -0.2) is 4.63 Å². The summed E-state index contributed by atoms with van der Waals surface area (Å²) in [5.41, 5.74) is 8.46. The summed E-state index contributed by atoms with van der Waals surface area (Å²) in [6, 6.07) is 3.75. The summed E-state index contributed by atoms with van der Waals surface area (Å²) in [6.45, 7) is 2.67. The van der Waals surface area contributed by atoms with Crippen LogP contribution < -0.4 is 10.6 Å². The first-order valence-electron chi connectivity index (χ1n) is 5.59. The average Bonchev–Trinajstić information content (AvgIpc) is 2.89. The molecule has 2 heterocycles. The SMILES string of the molecule is N#Cc1cc(N)c2nonc2c1N1CCOCC1. The highest BCUT2D eigenvalue weighted by molar-refractivity contribution is 5.98. The van der Waals surface area contributed by atoms with E-state index < -0.39 is 0 Å². The molecule has 1 aliphatic rings. The minimum absolute atomic E-state index is 0.403. The van der Waals surface area contributed by atoms with Crippen LogP contribution in [0.3, 0.4) is 0 Å². The molecule has 2 N–H and O–H groups in total. The standard InChI is InChI=1S/C11H11N5O2/c12-6-7-5-8(13)9-10(15-18-14-9)11(7)16-1-3-17-4-2-16/h5H,1-4,13H2. The molecule has 3 rings (SSSR count).